The first-order valence-electron chi connectivity index (χ1n) is 9.86. The van der Waals surface area contributed by atoms with Crippen LogP contribution >= 0.6 is 0 Å². The Labute approximate surface area is 157 Å². The minimum absolute atomic E-state index is 0.0621. The fourth-order valence-corrected chi connectivity index (χ4v) is 4.09. The normalized spacial score (nSPS) is 29.5. The van der Waals surface area contributed by atoms with Crippen LogP contribution in [0.25, 0.3) is 0 Å². The fraction of sp³-hybridized carbons (Fsp3) is 0.889. The number of nitrogens with zero attached hydrogens (tertiary/aromatic N) is 4. The molecule has 6 nitrogen and oxygen atoms in total. The molecule has 1 aromatic rings. The Morgan fingerprint density at radius 3 is 2.63 bits per heavy atom. The number of aromatic nitrogens is 3. The van der Waals surface area contributed by atoms with Gasteiger partial charge in [-0.1, -0.05) is 0 Å². The largest absolute Gasteiger partial charge is 0.393 e. The molecular weight excluding hydrogens is 361 g/mol. The first kappa shape index (κ1) is 19.0. The molecule has 9 heteroatoms. The molecule has 152 valence electrons. The second kappa shape index (κ2) is 7.58. The molecule has 1 saturated carbocycles. The molecule has 0 aromatic carbocycles. The van der Waals surface area contributed by atoms with Crippen LogP contribution in [0.1, 0.15) is 44.9 Å². The molecule has 1 unspecified atom stereocenters. The van der Waals surface area contributed by atoms with E-state index in [2.05, 4.69) is 10.2 Å². The minimum atomic E-state index is -4.18. The molecule has 3 atom stereocenters. The van der Waals surface area contributed by atoms with Crippen LogP contribution in [0.3, 0.4) is 0 Å². The molecular formula is C18H27F3N4O2. The van der Waals surface area contributed by atoms with Crippen molar-refractivity contribution in [3.63, 3.8) is 0 Å². The van der Waals surface area contributed by atoms with E-state index in [1.807, 2.05) is 11.5 Å². The molecule has 2 aliphatic heterocycles. The molecule has 4 rings (SSSR count). The first-order chi connectivity index (χ1) is 12.9. The predicted octanol–water partition coefficient (Wildman–Crippen LogP) is 3.16. The molecule has 2 saturated heterocycles. The number of alkyl halides is 3. The lowest BCUT2D eigenvalue weighted by Crippen LogP contribution is -2.32. The standard InChI is InChI=1S/C18H27F3N4O2/c1-12-7-14(18(19,20)21)9-24(12)17-23-22-16(11-27-15-3-2-4-15)25(17)8-13-5-6-26-10-13/h12-15H,2-11H2,1H3/t12-,13?,14+/m1/s1. The van der Waals surface area contributed by atoms with Gasteiger partial charge in [-0.3, -0.25) is 4.57 Å². The lowest BCUT2D eigenvalue weighted by atomic mass is 9.96. The zero-order chi connectivity index (χ0) is 19.0. The number of halogens is 3. The van der Waals surface area contributed by atoms with Crippen molar-refractivity contribution >= 4 is 5.95 Å². The highest BCUT2D eigenvalue weighted by atomic mass is 19.4. The van der Waals surface area contributed by atoms with Crippen molar-refractivity contribution in [2.24, 2.45) is 11.8 Å². The SMILES string of the molecule is C[C@@H]1C[C@H](C(F)(F)F)CN1c1nnc(COC2CCC2)n1CC1CCOC1. The maximum atomic E-state index is 13.2. The molecule has 0 radical (unpaired) electrons. The van der Waals surface area contributed by atoms with Gasteiger partial charge in [0.15, 0.2) is 5.82 Å². The third kappa shape index (κ3) is 4.08. The summed E-state index contributed by atoms with van der Waals surface area (Å²) in [7, 11) is 0. The van der Waals surface area contributed by atoms with Crippen molar-refractivity contribution in [1.82, 2.24) is 14.8 Å². The molecule has 1 aliphatic carbocycles. The van der Waals surface area contributed by atoms with E-state index >= 15 is 0 Å². The molecule has 3 aliphatic rings. The van der Waals surface area contributed by atoms with Gasteiger partial charge in [-0.25, -0.2) is 0 Å². The van der Waals surface area contributed by atoms with Crippen LogP contribution in [0.15, 0.2) is 0 Å². The highest BCUT2D eigenvalue weighted by molar-refractivity contribution is 5.35. The zero-order valence-corrected chi connectivity index (χ0v) is 15.6. The summed E-state index contributed by atoms with van der Waals surface area (Å²) in [6.07, 6.45) is 0.448. The van der Waals surface area contributed by atoms with Crippen molar-refractivity contribution in [3.8, 4) is 0 Å². The topological polar surface area (TPSA) is 52.4 Å². The fourth-order valence-electron chi connectivity index (χ4n) is 4.09. The maximum Gasteiger partial charge on any atom is 0.393 e. The van der Waals surface area contributed by atoms with E-state index < -0.39 is 12.1 Å². The van der Waals surface area contributed by atoms with Gasteiger partial charge in [0.2, 0.25) is 5.95 Å². The van der Waals surface area contributed by atoms with Gasteiger partial charge in [-0.15, -0.1) is 10.2 Å². The van der Waals surface area contributed by atoms with Crippen LogP contribution in [-0.4, -0.2) is 52.8 Å². The number of anilines is 1. The van der Waals surface area contributed by atoms with Crippen LogP contribution in [0, 0.1) is 11.8 Å². The molecule has 0 amide bonds. The van der Waals surface area contributed by atoms with Gasteiger partial charge in [-0.2, -0.15) is 13.2 Å². The molecule has 0 bridgehead atoms. The highest BCUT2D eigenvalue weighted by Crippen LogP contribution is 2.38. The summed E-state index contributed by atoms with van der Waals surface area (Å²) in [6, 6.07) is -0.222. The van der Waals surface area contributed by atoms with Crippen LogP contribution in [0.2, 0.25) is 0 Å². The Morgan fingerprint density at radius 2 is 2.04 bits per heavy atom. The van der Waals surface area contributed by atoms with E-state index in [9.17, 15) is 13.2 Å². The Kier molecular flexibility index (Phi) is 5.33. The van der Waals surface area contributed by atoms with Gasteiger partial charge < -0.3 is 14.4 Å². The smallest absolute Gasteiger partial charge is 0.381 e. The van der Waals surface area contributed by atoms with Gasteiger partial charge in [0.05, 0.1) is 18.6 Å². The van der Waals surface area contributed by atoms with Crippen molar-refractivity contribution in [3.05, 3.63) is 5.82 Å². The lowest BCUT2D eigenvalue weighted by Gasteiger charge is -2.27. The Balaban J connectivity index is 1.54. The van der Waals surface area contributed by atoms with E-state index in [1.165, 1.54) is 6.42 Å². The minimum Gasteiger partial charge on any atom is -0.381 e. The quantitative estimate of drug-likeness (QED) is 0.749. The van der Waals surface area contributed by atoms with E-state index in [-0.39, 0.29) is 25.1 Å². The number of hydrogen-bond donors (Lipinski definition) is 0. The number of hydrogen-bond acceptors (Lipinski definition) is 5. The summed E-state index contributed by atoms with van der Waals surface area (Å²) in [4.78, 5) is 1.76. The van der Waals surface area contributed by atoms with Crippen molar-refractivity contribution in [1.29, 1.82) is 0 Å². The Morgan fingerprint density at radius 1 is 1.22 bits per heavy atom. The molecule has 3 heterocycles. The van der Waals surface area contributed by atoms with Crippen molar-refractivity contribution in [2.75, 3.05) is 24.7 Å². The zero-order valence-electron chi connectivity index (χ0n) is 15.6. The Bertz CT molecular complexity index is 641. The van der Waals surface area contributed by atoms with E-state index in [0.717, 1.165) is 25.9 Å². The third-order valence-corrected chi connectivity index (χ3v) is 6.07. The monoisotopic (exact) mass is 388 g/mol. The van der Waals surface area contributed by atoms with Gasteiger partial charge in [0.1, 0.15) is 6.61 Å². The van der Waals surface area contributed by atoms with Crippen LogP contribution in [0.4, 0.5) is 19.1 Å². The van der Waals surface area contributed by atoms with Crippen LogP contribution in [0.5, 0.6) is 0 Å². The van der Waals surface area contributed by atoms with Crippen molar-refractivity contribution in [2.45, 2.75) is 70.5 Å². The summed E-state index contributed by atoms with van der Waals surface area (Å²) in [6.45, 7) is 4.18. The van der Waals surface area contributed by atoms with Gasteiger partial charge in [0.25, 0.3) is 0 Å². The maximum absolute atomic E-state index is 13.2. The summed E-state index contributed by atoms with van der Waals surface area (Å²) >= 11 is 0. The molecule has 1 aromatic heterocycles. The molecule has 0 spiro atoms. The van der Waals surface area contributed by atoms with Gasteiger partial charge in [0, 0.05) is 31.7 Å². The van der Waals surface area contributed by atoms with Gasteiger partial charge in [-0.05, 0) is 39.0 Å². The van der Waals surface area contributed by atoms with E-state index in [0.29, 0.717) is 37.4 Å². The number of rotatable bonds is 6. The second-order valence-corrected chi connectivity index (χ2v) is 8.10. The first-order valence-corrected chi connectivity index (χ1v) is 9.86. The number of ether oxygens (including phenoxy) is 2. The molecule has 0 N–H and O–H groups in total. The highest BCUT2D eigenvalue weighted by Gasteiger charge is 2.47. The average Bonchev–Trinajstić information content (AvgIpc) is 3.27. The third-order valence-electron chi connectivity index (χ3n) is 6.07. The summed E-state index contributed by atoms with van der Waals surface area (Å²) in [5.74, 6) is 0.250. The van der Waals surface area contributed by atoms with Gasteiger partial charge >= 0.3 is 6.18 Å². The molecule has 3 fully saturated rings. The predicted molar refractivity (Wildman–Crippen MR) is 92.3 cm³/mol. The van der Waals surface area contributed by atoms with Crippen molar-refractivity contribution < 1.29 is 22.6 Å². The molecule has 27 heavy (non-hydrogen) atoms. The summed E-state index contributed by atoms with van der Waals surface area (Å²) in [5, 5.41) is 8.56. The van der Waals surface area contributed by atoms with E-state index in [4.69, 9.17) is 9.47 Å². The van der Waals surface area contributed by atoms with E-state index in [1.54, 1.807) is 4.90 Å². The second-order valence-electron chi connectivity index (χ2n) is 8.10. The van der Waals surface area contributed by atoms with Crippen LogP contribution in [-0.2, 0) is 22.6 Å². The lowest BCUT2D eigenvalue weighted by molar-refractivity contribution is -0.168. The summed E-state index contributed by atoms with van der Waals surface area (Å²) in [5.41, 5.74) is 0. The van der Waals surface area contributed by atoms with Crippen LogP contribution < -0.4 is 4.90 Å². The Hall–Kier alpha value is -1.35. The summed E-state index contributed by atoms with van der Waals surface area (Å²) < 4.78 is 52.9. The average molecular weight is 388 g/mol.